The molecule has 0 spiro atoms. The summed E-state index contributed by atoms with van der Waals surface area (Å²) in [4.78, 5) is 12.2. The van der Waals surface area contributed by atoms with Crippen LogP contribution in [0.1, 0.15) is 15.9 Å². The molecule has 0 unspecified atom stereocenters. The third kappa shape index (κ3) is 4.37. The lowest BCUT2D eigenvalue weighted by molar-refractivity contribution is 0.104. The standard InChI is InChI=1S/C19H17NO4/c1-22-18-10-4-14(13-19(18)23-2)3-9-17(21)15-5-7-16(8-6-15)24-12-11-20/h3-10,13H,12H2,1-2H3/b9-3+. The van der Waals surface area contributed by atoms with Crippen molar-refractivity contribution in [1.82, 2.24) is 0 Å². The van der Waals surface area contributed by atoms with Crippen molar-refractivity contribution in [1.29, 1.82) is 5.26 Å². The van der Waals surface area contributed by atoms with Crippen molar-refractivity contribution >= 4 is 11.9 Å². The fourth-order valence-corrected chi connectivity index (χ4v) is 2.06. The molecule has 2 rings (SSSR count). The molecule has 24 heavy (non-hydrogen) atoms. The minimum Gasteiger partial charge on any atom is -0.493 e. The Kier molecular flexibility index (Phi) is 5.98. The van der Waals surface area contributed by atoms with Gasteiger partial charge in [0.1, 0.15) is 11.8 Å². The summed E-state index contributed by atoms with van der Waals surface area (Å²) >= 11 is 0. The Balaban J connectivity index is 2.08. The monoisotopic (exact) mass is 323 g/mol. The Morgan fingerprint density at radius 2 is 1.79 bits per heavy atom. The lowest BCUT2D eigenvalue weighted by Crippen LogP contribution is -1.96. The van der Waals surface area contributed by atoms with Gasteiger partial charge in [-0.3, -0.25) is 4.79 Å². The second-order valence-corrected chi connectivity index (χ2v) is 4.78. The predicted molar refractivity (Wildman–Crippen MR) is 90.5 cm³/mol. The summed E-state index contributed by atoms with van der Waals surface area (Å²) in [5.41, 5.74) is 1.37. The first-order valence-corrected chi connectivity index (χ1v) is 7.22. The zero-order valence-corrected chi connectivity index (χ0v) is 13.5. The number of methoxy groups -OCH3 is 2. The van der Waals surface area contributed by atoms with E-state index in [-0.39, 0.29) is 12.4 Å². The van der Waals surface area contributed by atoms with Crippen LogP contribution in [0.5, 0.6) is 17.2 Å². The van der Waals surface area contributed by atoms with E-state index in [1.54, 1.807) is 56.7 Å². The molecule has 122 valence electrons. The van der Waals surface area contributed by atoms with Crippen molar-refractivity contribution < 1.29 is 19.0 Å². The molecule has 0 heterocycles. The van der Waals surface area contributed by atoms with E-state index < -0.39 is 0 Å². The average molecular weight is 323 g/mol. The van der Waals surface area contributed by atoms with Gasteiger partial charge in [0.2, 0.25) is 0 Å². The summed E-state index contributed by atoms with van der Waals surface area (Å²) in [5, 5.41) is 8.46. The summed E-state index contributed by atoms with van der Waals surface area (Å²) in [6, 6.07) is 13.9. The zero-order chi connectivity index (χ0) is 17.4. The first-order valence-electron chi connectivity index (χ1n) is 7.22. The van der Waals surface area contributed by atoms with Gasteiger partial charge in [0, 0.05) is 5.56 Å². The second kappa shape index (κ2) is 8.39. The van der Waals surface area contributed by atoms with E-state index in [9.17, 15) is 4.79 Å². The fraction of sp³-hybridized carbons (Fsp3) is 0.158. The Bertz CT molecular complexity index is 773. The topological polar surface area (TPSA) is 68.5 Å². The van der Waals surface area contributed by atoms with Gasteiger partial charge in [-0.25, -0.2) is 0 Å². The van der Waals surface area contributed by atoms with Crippen molar-refractivity contribution in [2.45, 2.75) is 0 Å². The normalized spacial score (nSPS) is 10.2. The van der Waals surface area contributed by atoms with Crippen LogP contribution in [0.2, 0.25) is 0 Å². The van der Waals surface area contributed by atoms with Crippen LogP contribution in [0.25, 0.3) is 6.08 Å². The number of nitrogens with zero attached hydrogens (tertiary/aromatic N) is 1. The molecular weight excluding hydrogens is 306 g/mol. The number of hydrogen-bond acceptors (Lipinski definition) is 5. The molecule has 0 aliphatic rings. The molecule has 0 N–H and O–H groups in total. The fourth-order valence-electron chi connectivity index (χ4n) is 2.06. The molecule has 0 aliphatic heterocycles. The highest BCUT2D eigenvalue weighted by atomic mass is 16.5. The Hall–Kier alpha value is -3.26. The minimum absolute atomic E-state index is 0.0213. The molecule has 0 aromatic heterocycles. The number of benzene rings is 2. The second-order valence-electron chi connectivity index (χ2n) is 4.78. The number of ether oxygens (including phenoxy) is 3. The molecule has 0 fully saturated rings. The summed E-state index contributed by atoms with van der Waals surface area (Å²) in [6.45, 7) is -0.0213. The van der Waals surface area contributed by atoms with E-state index in [4.69, 9.17) is 19.5 Å². The SMILES string of the molecule is COc1ccc(/C=C/C(=O)c2ccc(OCC#N)cc2)cc1OC. The molecule has 0 amide bonds. The molecule has 5 heteroatoms. The number of nitriles is 1. The molecule has 0 bridgehead atoms. The lowest BCUT2D eigenvalue weighted by Gasteiger charge is -2.07. The third-order valence-electron chi connectivity index (χ3n) is 3.28. The molecule has 0 saturated heterocycles. The van der Waals surface area contributed by atoms with Crippen LogP contribution in [-0.2, 0) is 0 Å². The van der Waals surface area contributed by atoms with Crippen LogP contribution in [0.4, 0.5) is 0 Å². The highest BCUT2D eigenvalue weighted by molar-refractivity contribution is 6.06. The Labute approximate surface area is 140 Å². The average Bonchev–Trinajstić information content (AvgIpc) is 2.64. The Morgan fingerprint density at radius 3 is 2.42 bits per heavy atom. The molecule has 0 saturated carbocycles. The van der Waals surface area contributed by atoms with Crippen LogP contribution in [0, 0.1) is 11.3 Å². The van der Waals surface area contributed by atoms with Gasteiger partial charge in [0.25, 0.3) is 0 Å². The van der Waals surface area contributed by atoms with Gasteiger partial charge < -0.3 is 14.2 Å². The minimum atomic E-state index is -0.128. The van der Waals surface area contributed by atoms with Crippen molar-refractivity contribution in [3.05, 3.63) is 59.7 Å². The number of allylic oxidation sites excluding steroid dienone is 1. The third-order valence-corrected chi connectivity index (χ3v) is 3.28. The van der Waals surface area contributed by atoms with Gasteiger partial charge in [-0.1, -0.05) is 12.1 Å². The van der Waals surface area contributed by atoms with Gasteiger partial charge in [0.15, 0.2) is 23.9 Å². The first kappa shape index (κ1) is 17.1. The van der Waals surface area contributed by atoms with Gasteiger partial charge in [-0.15, -0.1) is 0 Å². The summed E-state index contributed by atoms with van der Waals surface area (Å²) < 4.78 is 15.6. The lowest BCUT2D eigenvalue weighted by atomic mass is 10.1. The van der Waals surface area contributed by atoms with E-state index in [2.05, 4.69) is 0 Å². The highest BCUT2D eigenvalue weighted by Crippen LogP contribution is 2.28. The van der Waals surface area contributed by atoms with E-state index in [1.807, 2.05) is 12.1 Å². The molecule has 5 nitrogen and oxygen atoms in total. The van der Waals surface area contributed by atoms with E-state index >= 15 is 0 Å². The molecule has 0 aliphatic carbocycles. The number of rotatable bonds is 7. The Morgan fingerprint density at radius 1 is 1.08 bits per heavy atom. The molecule has 2 aromatic rings. The van der Waals surface area contributed by atoms with Crippen molar-refractivity contribution in [3.63, 3.8) is 0 Å². The maximum atomic E-state index is 12.2. The molecule has 2 aromatic carbocycles. The zero-order valence-electron chi connectivity index (χ0n) is 13.5. The number of ketones is 1. The van der Waals surface area contributed by atoms with Crippen LogP contribution in [0.15, 0.2) is 48.5 Å². The molecule has 0 atom stereocenters. The van der Waals surface area contributed by atoms with Crippen LogP contribution >= 0.6 is 0 Å². The van der Waals surface area contributed by atoms with Crippen LogP contribution in [0.3, 0.4) is 0 Å². The summed E-state index contributed by atoms with van der Waals surface area (Å²) in [7, 11) is 3.13. The maximum absolute atomic E-state index is 12.2. The number of hydrogen-bond donors (Lipinski definition) is 0. The van der Waals surface area contributed by atoms with Gasteiger partial charge >= 0.3 is 0 Å². The van der Waals surface area contributed by atoms with Crippen molar-refractivity contribution in [3.8, 4) is 23.3 Å². The summed E-state index contributed by atoms with van der Waals surface area (Å²) in [6.07, 6.45) is 3.21. The van der Waals surface area contributed by atoms with Crippen LogP contribution in [-0.4, -0.2) is 26.6 Å². The van der Waals surface area contributed by atoms with E-state index in [1.165, 1.54) is 6.08 Å². The van der Waals surface area contributed by atoms with E-state index in [0.717, 1.165) is 5.56 Å². The van der Waals surface area contributed by atoms with Crippen molar-refractivity contribution in [2.24, 2.45) is 0 Å². The van der Waals surface area contributed by atoms with E-state index in [0.29, 0.717) is 22.8 Å². The quantitative estimate of drug-likeness (QED) is 0.576. The maximum Gasteiger partial charge on any atom is 0.185 e. The summed E-state index contributed by atoms with van der Waals surface area (Å²) in [5.74, 6) is 1.66. The molecule has 0 radical (unpaired) electrons. The predicted octanol–water partition coefficient (Wildman–Crippen LogP) is 3.50. The smallest absolute Gasteiger partial charge is 0.185 e. The first-order chi connectivity index (χ1) is 11.7. The number of carbonyl (C=O) groups excluding carboxylic acids is 1. The number of carbonyl (C=O) groups is 1. The van der Waals surface area contributed by atoms with Crippen molar-refractivity contribution in [2.75, 3.05) is 20.8 Å². The molecular formula is C19H17NO4. The van der Waals surface area contributed by atoms with Gasteiger partial charge in [0.05, 0.1) is 14.2 Å². The highest BCUT2D eigenvalue weighted by Gasteiger charge is 2.05. The van der Waals surface area contributed by atoms with Crippen LogP contribution < -0.4 is 14.2 Å². The largest absolute Gasteiger partial charge is 0.493 e. The van der Waals surface area contributed by atoms with Gasteiger partial charge in [-0.2, -0.15) is 5.26 Å². The van der Waals surface area contributed by atoms with Gasteiger partial charge in [-0.05, 0) is 48.0 Å².